The number of nitrogen functional groups attached to an aromatic ring is 1. The molecule has 0 aromatic heterocycles. The summed E-state index contributed by atoms with van der Waals surface area (Å²) in [5.41, 5.74) is 6.39. The van der Waals surface area contributed by atoms with Crippen LogP contribution in [0.5, 0.6) is 0 Å². The van der Waals surface area contributed by atoms with Gasteiger partial charge in [-0.05, 0) is 48.4 Å². The van der Waals surface area contributed by atoms with Crippen molar-refractivity contribution in [1.82, 2.24) is 5.32 Å². The standard InChI is InChI=1S/C26H24ClF5N4/c1-3-10-34-24-20(12-18(28)13-22(24)29)15(2)36-25(19-6-4-5-7-23(19)33)35-14-16-11-17(26(30,31)32)8-9-21(16)27/h4-9,11-13,34H,2-3,10,14,33H2,1H3,(H,35,36). The van der Waals surface area contributed by atoms with Crippen LogP contribution in [0.1, 0.15) is 35.6 Å². The number of nitrogens with zero attached hydrogens (tertiary/aromatic N) is 1. The van der Waals surface area contributed by atoms with Crippen molar-refractivity contribution in [3.05, 3.63) is 100 Å². The molecule has 0 unspecified atom stereocenters. The lowest BCUT2D eigenvalue weighted by molar-refractivity contribution is -0.137. The maximum atomic E-state index is 14.5. The highest BCUT2D eigenvalue weighted by Crippen LogP contribution is 2.32. The molecule has 0 aliphatic carbocycles. The monoisotopic (exact) mass is 522 g/mol. The normalized spacial score (nSPS) is 11.9. The average molecular weight is 523 g/mol. The molecule has 4 nitrogen and oxygen atoms in total. The first-order valence-electron chi connectivity index (χ1n) is 11.0. The second-order valence-electron chi connectivity index (χ2n) is 7.90. The maximum absolute atomic E-state index is 14.5. The lowest BCUT2D eigenvalue weighted by atomic mass is 10.1. The summed E-state index contributed by atoms with van der Waals surface area (Å²) in [6.45, 7) is 6.00. The quantitative estimate of drug-likeness (QED) is 0.126. The molecule has 3 aromatic rings. The number of nitrogens with two attached hydrogens (primary N) is 1. The van der Waals surface area contributed by atoms with Gasteiger partial charge in [0, 0.05) is 40.1 Å². The van der Waals surface area contributed by atoms with Crippen molar-refractivity contribution >= 4 is 34.5 Å². The number of alkyl halides is 3. The summed E-state index contributed by atoms with van der Waals surface area (Å²) in [5.74, 6) is -1.46. The summed E-state index contributed by atoms with van der Waals surface area (Å²) in [7, 11) is 0. The Labute approximate surface area is 210 Å². The van der Waals surface area contributed by atoms with Crippen molar-refractivity contribution in [2.75, 3.05) is 17.6 Å². The van der Waals surface area contributed by atoms with Crippen molar-refractivity contribution in [2.45, 2.75) is 26.1 Å². The van der Waals surface area contributed by atoms with Gasteiger partial charge in [-0.15, -0.1) is 0 Å². The topological polar surface area (TPSA) is 62.4 Å². The van der Waals surface area contributed by atoms with E-state index in [0.29, 0.717) is 24.2 Å². The molecule has 190 valence electrons. The third-order valence-corrected chi connectivity index (χ3v) is 5.57. The molecule has 0 heterocycles. The number of amidine groups is 1. The largest absolute Gasteiger partial charge is 0.416 e. The summed E-state index contributed by atoms with van der Waals surface area (Å²) in [6.07, 6.45) is -3.85. The molecule has 0 saturated heterocycles. The number of hydrogen-bond acceptors (Lipinski definition) is 3. The maximum Gasteiger partial charge on any atom is 0.416 e. The number of nitrogens with one attached hydrogen (secondary N) is 2. The van der Waals surface area contributed by atoms with Crippen molar-refractivity contribution in [2.24, 2.45) is 4.99 Å². The molecular formula is C26H24ClF5N4. The fourth-order valence-corrected chi connectivity index (χ4v) is 3.57. The molecule has 0 spiro atoms. The zero-order chi connectivity index (χ0) is 26.5. The van der Waals surface area contributed by atoms with E-state index >= 15 is 0 Å². The highest BCUT2D eigenvalue weighted by atomic mass is 35.5. The van der Waals surface area contributed by atoms with Crippen LogP contribution in [0.4, 0.5) is 33.3 Å². The Bertz CT molecular complexity index is 1290. The summed E-state index contributed by atoms with van der Waals surface area (Å²) >= 11 is 6.12. The van der Waals surface area contributed by atoms with E-state index in [9.17, 15) is 22.0 Å². The number of rotatable bonds is 8. The van der Waals surface area contributed by atoms with Crippen LogP contribution in [0.25, 0.3) is 5.70 Å². The van der Waals surface area contributed by atoms with E-state index < -0.39 is 23.4 Å². The predicted molar refractivity (Wildman–Crippen MR) is 135 cm³/mol. The molecule has 3 rings (SSSR count). The number of anilines is 2. The Morgan fingerprint density at radius 3 is 2.44 bits per heavy atom. The molecule has 0 aliphatic heterocycles. The van der Waals surface area contributed by atoms with Gasteiger partial charge in [-0.3, -0.25) is 4.99 Å². The van der Waals surface area contributed by atoms with Gasteiger partial charge in [-0.25, -0.2) is 8.78 Å². The van der Waals surface area contributed by atoms with Crippen LogP contribution in [0, 0.1) is 11.6 Å². The highest BCUT2D eigenvalue weighted by Gasteiger charge is 2.30. The van der Waals surface area contributed by atoms with E-state index in [-0.39, 0.29) is 39.9 Å². The Balaban J connectivity index is 2.02. The molecule has 0 amide bonds. The Morgan fingerprint density at radius 2 is 1.78 bits per heavy atom. The molecule has 0 aliphatic rings. The summed E-state index contributed by atoms with van der Waals surface area (Å²) in [6, 6.07) is 11.5. The molecule has 0 bridgehead atoms. The molecule has 0 fully saturated rings. The number of halogens is 6. The first-order chi connectivity index (χ1) is 17.0. The van der Waals surface area contributed by atoms with Crippen molar-refractivity contribution < 1.29 is 22.0 Å². The van der Waals surface area contributed by atoms with Crippen LogP contribution >= 0.6 is 11.6 Å². The first kappa shape index (κ1) is 27.0. The zero-order valence-corrected chi connectivity index (χ0v) is 20.1. The number of hydrogen-bond donors (Lipinski definition) is 3. The average Bonchev–Trinajstić information content (AvgIpc) is 2.81. The van der Waals surface area contributed by atoms with Gasteiger partial charge in [-0.2, -0.15) is 13.2 Å². The van der Waals surface area contributed by atoms with Crippen molar-refractivity contribution in [1.29, 1.82) is 0 Å². The smallest absolute Gasteiger partial charge is 0.398 e. The van der Waals surface area contributed by atoms with Gasteiger partial charge in [0.2, 0.25) is 0 Å². The SMILES string of the molecule is C=C(NC(=NCc1cc(C(F)(F)F)ccc1Cl)c1ccccc1N)c1cc(F)cc(F)c1NCCC. The van der Waals surface area contributed by atoms with E-state index in [2.05, 4.69) is 22.2 Å². The minimum Gasteiger partial charge on any atom is -0.398 e. The van der Waals surface area contributed by atoms with E-state index in [1.807, 2.05) is 6.92 Å². The van der Waals surface area contributed by atoms with Gasteiger partial charge in [0.25, 0.3) is 0 Å². The van der Waals surface area contributed by atoms with Gasteiger partial charge in [0.15, 0.2) is 0 Å². The zero-order valence-electron chi connectivity index (χ0n) is 19.3. The van der Waals surface area contributed by atoms with Crippen LogP contribution in [0.2, 0.25) is 5.02 Å². The molecule has 36 heavy (non-hydrogen) atoms. The highest BCUT2D eigenvalue weighted by molar-refractivity contribution is 6.31. The molecule has 4 N–H and O–H groups in total. The summed E-state index contributed by atoms with van der Waals surface area (Å²) in [5, 5.41) is 5.95. The van der Waals surface area contributed by atoms with Crippen LogP contribution in [0.15, 0.2) is 66.2 Å². The Morgan fingerprint density at radius 1 is 1.06 bits per heavy atom. The minimum atomic E-state index is -4.55. The second-order valence-corrected chi connectivity index (χ2v) is 8.30. The van der Waals surface area contributed by atoms with E-state index in [1.165, 1.54) is 0 Å². The number of para-hydroxylation sites is 1. The van der Waals surface area contributed by atoms with Gasteiger partial charge < -0.3 is 16.4 Å². The minimum absolute atomic E-state index is 0.0528. The van der Waals surface area contributed by atoms with Crippen LogP contribution in [-0.4, -0.2) is 12.4 Å². The summed E-state index contributed by atoms with van der Waals surface area (Å²) in [4.78, 5) is 4.42. The fraction of sp³-hybridized carbons (Fsp3) is 0.192. The fourth-order valence-electron chi connectivity index (χ4n) is 3.39. The van der Waals surface area contributed by atoms with Gasteiger partial charge in [0.1, 0.15) is 17.5 Å². The lowest BCUT2D eigenvalue weighted by Gasteiger charge is -2.18. The molecule has 3 aromatic carbocycles. The van der Waals surface area contributed by atoms with Crippen LogP contribution in [0.3, 0.4) is 0 Å². The van der Waals surface area contributed by atoms with Gasteiger partial charge >= 0.3 is 6.18 Å². The van der Waals surface area contributed by atoms with Crippen LogP contribution < -0.4 is 16.4 Å². The van der Waals surface area contributed by atoms with Gasteiger partial charge in [-0.1, -0.05) is 37.2 Å². The molecular weight excluding hydrogens is 499 g/mol. The molecule has 0 saturated carbocycles. The van der Waals surface area contributed by atoms with Crippen LogP contribution in [-0.2, 0) is 12.7 Å². The third-order valence-electron chi connectivity index (χ3n) is 5.20. The molecule has 0 radical (unpaired) electrons. The van der Waals surface area contributed by atoms with Gasteiger partial charge in [0.05, 0.1) is 17.8 Å². The summed E-state index contributed by atoms with van der Waals surface area (Å²) < 4.78 is 68.2. The Kier molecular flexibility index (Phi) is 8.57. The third kappa shape index (κ3) is 6.54. The van der Waals surface area contributed by atoms with E-state index in [1.54, 1.807) is 24.3 Å². The van der Waals surface area contributed by atoms with E-state index in [4.69, 9.17) is 17.3 Å². The second kappa shape index (κ2) is 11.4. The molecule has 10 heteroatoms. The number of benzene rings is 3. The molecule has 0 atom stereocenters. The Hall–Kier alpha value is -3.59. The predicted octanol–water partition coefficient (Wildman–Crippen LogP) is 7.25. The lowest BCUT2D eigenvalue weighted by Crippen LogP contribution is -2.25. The first-order valence-corrected chi connectivity index (χ1v) is 11.3. The van der Waals surface area contributed by atoms with Crippen molar-refractivity contribution in [3.8, 4) is 0 Å². The van der Waals surface area contributed by atoms with E-state index in [0.717, 1.165) is 30.3 Å². The number of aliphatic imine (C=N–C) groups is 1. The van der Waals surface area contributed by atoms with Crippen molar-refractivity contribution in [3.63, 3.8) is 0 Å².